The first-order valence-corrected chi connectivity index (χ1v) is 10.8. The number of carbonyl (C=O) groups is 1. The Labute approximate surface area is 183 Å². The third kappa shape index (κ3) is 5.37. The molecule has 1 heterocycles. The van der Waals surface area contributed by atoms with Gasteiger partial charge in [-0.2, -0.15) is 0 Å². The van der Waals surface area contributed by atoms with Gasteiger partial charge in [-0.05, 0) is 61.1 Å². The molecule has 1 N–H and O–H groups in total. The second-order valence-electron chi connectivity index (χ2n) is 8.51. The number of methoxy groups -OCH3 is 1. The van der Waals surface area contributed by atoms with Gasteiger partial charge in [-0.25, -0.2) is 4.39 Å². The van der Waals surface area contributed by atoms with Crippen molar-refractivity contribution in [1.82, 2.24) is 5.32 Å². The van der Waals surface area contributed by atoms with Crippen LogP contribution in [0.3, 0.4) is 0 Å². The van der Waals surface area contributed by atoms with Crippen LogP contribution in [0.2, 0.25) is 0 Å². The van der Waals surface area contributed by atoms with Gasteiger partial charge in [-0.3, -0.25) is 4.79 Å². The van der Waals surface area contributed by atoms with Crippen LogP contribution in [0.1, 0.15) is 50.8 Å². The van der Waals surface area contributed by atoms with Crippen LogP contribution in [0.5, 0.6) is 11.5 Å². The molecule has 31 heavy (non-hydrogen) atoms. The van der Waals surface area contributed by atoms with E-state index in [0.29, 0.717) is 50.1 Å². The topological polar surface area (TPSA) is 56.8 Å². The molecular formula is C25H32FNO4. The van der Waals surface area contributed by atoms with E-state index in [1.807, 2.05) is 25.1 Å². The first-order valence-electron chi connectivity index (χ1n) is 10.8. The monoisotopic (exact) mass is 429 g/mol. The molecule has 0 saturated carbocycles. The number of rotatable bonds is 8. The number of benzene rings is 2. The number of ether oxygens (including phenoxy) is 3. The van der Waals surface area contributed by atoms with Gasteiger partial charge in [0.2, 0.25) is 5.91 Å². The Hall–Kier alpha value is -2.60. The zero-order valence-corrected chi connectivity index (χ0v) is 18.7. The summed E-state index contributed by atoms with van der Waals surface area (Å²) in [6.45, 7) is 7.71. The van der Waals surface area contributed by atoms with Gasteiger partial charge < -0.3 is 19.5 Å². The number of halogens is 1. The molecule has 1 unspecified atom stereocenters. The highest BCUT2D eigenvalue weighted by atomic mass is 19.1. The van der Waals surface area contributed by atoms with Crippen LogP contribution in [0.15, 0.2) is 42.5 Å². The minimum absolute atomic E-state index is 0.0750. The Morgan fingerprint density at radius 2 is 1.77 bits per heavy atom. The molecule has 1 saturated heterocycles. The van der Waals surface area contributed by atoms with Crippen LogP contribution < -0.4 is 14.8 Å². The Morgan fingerprint density at radius 3 is 2.39 bits per heavy atom. The summed E-state index contributed by atoms with van der Waals surface area (Å²) in [7, 11) is 1.61. The highest BCUT2D eigenvalue weighted by Crippen LogP contribution is 2.37. The number of nitrogens with one attached hydrogen (secondary N) is 1. The fourth-order valence-electron chi connectivity index (χ4n) is 3.88. The Morgan fingerprint density at radius 1 is 1.10 bits per heavy atom. The largest absolute Gasteiger partial charge is 0.493 e. The Bertz CT molecular complexity index is 876. The molecule has 6 heteroatoms. The molecule has 0 spiro atoms. The van der Waals surface area contributed by atoms with E-state index in [4.69, 9.17) is 14.2 Å². The lowest BCUT2D eigenvalue weighted by Crippen LogP contribution is -2.48. The van der Waals surface area contributed by atoms with E-state index >= 15 is 0 Å². The second kappa shape index (κ2) is 10.1. The standard InChI is InChI=1S/C25H32FNO4/c1-17(2)16-31-22-10-5-19(15-23(22)29-4)18(3)27-24(28)25(11-13-30-14-12-25)20-6-8-21(26)9-7-20/h5-10,15,17-18H,11-14,16H2,1-4H3,(H,27,28). The Balaban J connectivity index is 1.79. The summed E-state index contributed by atoms with van der Waals surface area (Å²) in [5.74, 6) is 1.34. The SMILES string of the molecule is COc1cc(C(C)NC(=O)C2(c3ccc(F)cc3)CCOCC2)ccc1OCC(C)C. The van der Waals surface area contributed by atoms with Crippen molar-refractivity contribution in [2.75, 3.05) is 26.9 Å². The van der Waals surface area contributed by atoms with Crippen molar-refractivity contribution in [3.8, 4) is 11.5 Å². The molecule has 0 bridgehead atoms. The number of carbonyl (C=O) groups excluding carboxylic acids is 1. The molecule has 1 amide bonds. The van der Waals surface area contributed by atoms with E-state index in [2.05, 4.69) is 19.2 Å². The van der Waals surface area contributed by atoms with E-state index in [-0.39, 0.29) is 17.8 Å². The van der Waals surface area contributed by atoms with Crippen LogP contribution in [-0.2, 0) is 14.9 Å². The molecule has 0 aromatic heterocycles. The van der Waals surface area contributed by atoms with Gasteiger partial charge in [0.1, 0.15) is 5.82 Å². The predicted octanol–water partition coefficient (Wildman–Crippen LogP) is 4.79. The first-order chi connectivity index (χ1) is 14.9. The van der Waals surface area contributed by atoms with Crippen molar-refractivity contribution in [2.24, 2.45) is 5.92 Å². The first kappa shape index (κ1) is 23.1. The van der Waals surface area contributed by atoms with Gasteiger partial charge in [0.05, 0.1) is 25.2 Å². The van der Waals surface area contributed by atoms with E-state index in [9.17, 15) is 9.18 Å². The number of hydrogen-bond acceptors (Lipinski definition) is 4. The van der Waals surface area contributed by atoms with E-state index in [0.717, 1.165) is 11.1 Å². The van der Waals surface area contributed by atoms with Crippen LogP contribution in [-0.4, -0.2) is 32.8 Å². The van der Waals surface area contributed by atoms with Crippen molar-refractivity contribution in [3.05, 3.63) is 59.4 Å². The molecule has 1 aliphatic rings. The quantitative estimate of drug-likeness (QED) is 0.655. The lowest BCUT2D eigenvalue weighted by molar-refractivity contribution is -0.131. The molecule has 168 valence electrons. The van der Waals surface area contributed by atoms with Crippen LogP contribution in [0.4, 0.5) is 4.39 Å². The summed E-state index contributed by atoms with van der Waals surface area (Å²) in [5.41, 5.74) is 1.00. The van der Waals surface area contributed by atoms with E-state index < -0.39 is 5.41 Å². The zero-order valence-electron chi connectivity index (χ0n) is 18.7. The molecule has 0 radical (unpaired) electrons. The predicted molar refractivity (Wildman–Crippen MR) is 118 cm³/mol. The fraction of sp³-hybridized carbons (Fsp3) is 0.480. The van der Waals surface area contributed by atoms with Crippen molar-refractivity contribution >= 4 is 5.91 Å². The van der Waals surface area contributed by atoms with Gasteiger partial charge >= 0.3 is 0 Å². The third-order valence-electron chi connectivity index (χ3n) is 5.79. The second-order valence-corrected chi connectivity index (χ2v) is 8.51. The molecule has 3 rings (SSSR count). The lowest BCUT2D eigenvalue weighted by Gasteiger charge is -2.37. The molecule has 2 aromatic carbocycles. The Kier molecular flexibility index (Phi) is 7.55. The molecule has 5 nitrogen and oxygen atoms in total. The summed E-state index contributed by atoms with van der Waals surface area (Å²) < 4.78 is 30.3. The maximum absolute atomic E-state index is 13.5. The third-order valence-corrected chi connectivity index (χ3v) is 5.79. The van der Waals surface area contributed by atoms with Crippen molar-refractivity contribution < 1.29 is 23.4 Å². The fourth-order valence-corrected chi connectivity index (χ4v) is 3.88. The van der Waals surface area contributed by atoms with Crippen molar-refractivity contribution in [2.45, 2.75) is 45.1 Å². The summed E-state index contributed by atoms with van der Waals surface area (Å²) in [5, 5.41) is 3.16. The van der Waals surface area contributed by atoms with Gasteiger partial charge in [0, 0.05) is 13.2 Å². The van der Waals surface area contributed by atoms with Crippen molar-refractivity contribution in [1.29, 1.82) is 0 Å². The summed E-state index contributed by atoms with van der Waals surface area (Å²) in [6, 6.07) is 11.7. The molecule has 0 aliphatic carbocycles. The molecule has 2 aromatic rings. The highest BCUT2D eigenvalue weighted by Gasteiger charge is 2.42. The zero-order chi connectivity index (χ0) is 22.4. The van der Waals surface area contributed by atoms with E-state index in [1.54, 1.807) is 19.2 Å². The molecule has 1 aliphatic heterocycles. The summed E-state index contributed by atoms with van der Waals surface area (Å²) >= 11 is 0. The summed E-state index contributed by atoms with van der Waals surface area (Å²) in [6.07, 6.45) is 1.12. The minimum atomic E-state index is -0.732. The number of amides is 1. The van der Waals surface area contributed by atoms with Crippen molar-refractivity contribution in [3.63, 3.8) is 0 Å². The van der Waals surface area contributed by atoms with Crippen LogP contribution in [0, 0.1) is 11.7 Å². The molecule has 1 fully saturated rings. The van der Waals surface area contributed by atoms with Gasteiger partial charge in [-0.1, -0.05) is 32.0 Å². The van der Waals surface area contributed by atoms with Crippen LogP contribution in [0.25, 0.3) is 0 Å². The maximum atomic E-state index is 13.5. The van der Waals surface area contributed by atoms with Crippen LogP contribution >= 0.6 is 0 Å². The smallest absolute Gasteiger partial charge is 0.231 e. The highest BCUT2D eigenvalue weighted by molar-refractivity contribution is 5.88. The maximum Gasteiger partial charge on any atom is 0.231 e. The summed E-state index contributed by atoms with van der Waals surface area (Å²) in [4.78, 5) is 13.5. The van der Waals surface area contributed by atoms with Gasteiger partial charge in [0.25, 0.3) is 0 Å². The minimum Gasteiger partial charge on any atom is -0.493 e. The van der Waals surface area contributed by atoms with Gasteiger partial charge in [0.15, 0.2) is 11.5 Å². The van der Waals surface area contributed by atoms with Gasteiger partial charge in [-0.15, -0.1) is 0 Å². The average Bonchev–Trinajstić information content (AvgIpc) is 2.78. The normalized spacial score (nSPS) is 16.6. The van der Waals surface area contributed by atoms with E-state index in [1.165, 1.54) is 12.1 Å². The number of hydrogen-bond donors (Lipinski definition) is 1. The molecule has 1 atom stereocenters. The average molecular weight is 430 g/mol. The molecular weight excluding hydrogens is 397 g/mol. The lowest BCUT2D eigenvalue weighted by atomic mass is 9.73.